The van der Waals surface area contributed by atoms with Crippen molar-refractivity contribution in [1.29, 1.82) is 0 Å². The molecule has 0 aliphatic heterocycles. The van der Waals surface area contributed by atoms with Crippen molar-refractivity contribution in [3.05, 3.63) is 66.0 Å². The fourth-order valence-corrected chi connectivity index (χ4v) is 2.48. The number of rotatable bonds is 6. The number of nitrogens with zero attached hydrogens (tertiary/aromatic N) is 2. The lowest BCUT2D eigenvalue weighted by Gasteiger charge is -2.15. The molecule has 26 heavy (non-hydrogen) atoms. The van der Waals surface area contributed by atoms with Crippen LogP contribution in [0.25, 0.3) is 11.3 Å². The van der Waals surface area contributed by atoms with Crippen molar-refractivity contribution >= 4 is 17.5 Å². The van der Waals surface area contributed by atoms with Crippen LogP contribution in [-0.2, 0) is 0 Å². The highest BCUT2D eigenvalue weighted by molar-refractivity contribution is 5.68. The Labute approximate surface area is 152 Å². The molecule has 2 aromatic carbocycles. The number of nitrogens with one attached hydrogen (secondary N) is 2. The number of aromatic nitrogens is 2. The average molecular weight is 352 g/mol. The molecule has 3 rings (SSSR count). The monoisotopic (exact) mass is 352 g/mol. The molecule has 3 aromatic rings. The summed E-state index contributed by atoms with van der Waals surface area (Å²) in [5.74, 6) is 0.657. The number of hydrogen-bond acceptors (Lipinski definition) is 5. The molecule has 0 bridgehead atoms. The summed E-state index contributed by atoms with van der Waals surface area (Å²) in [6.45, 7) is 3.51. The van der Waals surface area contributed by atoms with Gasteiger partial charge in [-0.05, 0) is 26.0 Å². The second-order valence-electron chi connectivity index (χ2n) is 6.09. The number of hydrogen-bond donors (Lipinski definition) is 3. The number of halogens is 1. The SMILES string of the molecule is Cc1c(F)cccc1Nc1cc(-c2ccccc2)nc(N[C@H](C)CO)n1. The quantitative estimate of drug-likeness (QED) is 0.622. The van der Waals surface area contributed by atoms with E-state index in [-0.39, 0.29) is 18.5 Å². The lowest BCUT2D eigenvalue weighted by Crippen LogP contribution is -2.21. The van der Waals surface area contributed by atoms with E-state index in [2.05, 4.69) is 20.6 Å². The summed E-state index contributed by atoms with van der Waals surface area (Å²) in [6, 6.07) is 16.2. The number of aliphatic hydroxyl groups excluding tert-OH is 1. The molecule has 6 heteroatoms. The van der Waals surface area contributed by atoms with Gasteiger partial charge in [-0.1, -0.05) is 36.4 Å². The molecule has 0 amide bonds. The van der Waals surface area contributed by atoms with Gasteiger partial charge in [0.05, 0.1) is 12.3 Å². The number of aliphatic hydroxyl groups is 1. The van der Waals surface area contributed by atoms with Crippen molar-refractivity contribution in [3.63, 3.8) is 0 Å². The van der Waals surface area contributed by atoms with E-state index in [1.807, 2.05) is 43.3 Å². The van der Waals surface area contributed by atoms with E-state index < -0.39 is 0 Å². The number of anilines is 3. The van der Waals surface area contributed by atoms with Crippen LogP contribution < -0.4 is 10.6 Å². The zero-order chi connectivity index (χ0) is 18.5. The molecule has 0 radical (unpaired) electrons. The molecule has 1 atom stereocenters. The van der Waals surface area contributed by atoms with Gasteiger partial charge in [-0.2, -0.15) is 4.98 Å². The molecule has 1 aromatic heterocycles. The normalized spacial score (nSPS) is 11.8. The van der Waals surface area contributed by atoms with E-state index in [4.69, 9.17) is 0 Å². The maximum absolute atomic E-state index is 13.8. The first-order valence-corrected chi connectivity index (χ1v) is 8.41. The van der Waals surface area contributed by atoms with Crippen LogP contribution in [0.15, 0.2) is 54.6 Å². The second-order valence-corrected chi connectivity index (χ2v) is 6.09. The highest BCUT2D eigenvalue weighted by atomic mass is 19.1. The first-order valence-electron chi connectivity index (χ1n) is 8.41. The third kappa shape index (κ3) is 4.15. The molecule has 0 aliphatic carbocycles. The van der Waals surface area contributed by atoms with Crippen molar-refractivity contribution in [2.45, 2.75) is 19.9 Å². The highest BCUT2D eigenvalue weighted by Crippen LogP contribution is 2.26. The van der Waals surface area contributed by atoms with Gasteiger partial charge in [-0.15, -0.1) is 0 Å². The van der Waals surface area contributed by atoms with E-state index in [0.29, 0.717) is 23.0 Å². The van der Waals surface area contributed by atoms with Crippen molar-refractivity contribution in [2.24, 2.45) is 0 Å². The summed E-state index contributed by atoms with van der Waals surface area (Å²) >= 11 is 0. The van der Waals surface area contributed by atoms with Crippen LogP contribution in [0.4, 0.5) is 21.8 Å². The van der Waals surface area contributed by atoms with Gasteiger partial charge in [0.1, 0.15) is 11.6 Å². The van der Waals surface area contributed by atoms with Gasteiger partial charge in [-0.25, -0.2) is 9.37 Å². The Kier molecular flexibility index (Phi) is 5.43. The molecule has 1 heterocycles. The Bertz CT molecular complexity index is 886. The average Bonchev–Trinajstić information content (AvgIpc) is 2.66. The van der Waals surface area contributed by atoms with Crippen LogP contribution >= 0.6 is 0 Å². The molecule has 3 N–H and O–H groups in total. The molecule has 134 valence electrons. The minimum atomic E-state index is -0.278. The first-order chi connectivity index (χ1) is 12.6. The van der Waals surface area contributed by atoms with Crippen LogP contribution in [0, 0.1) is 12.7 Å². The molecule has 5 nitrogen and oxygen atoms in total. The molecule has 0 saturated carbocycles. The van der Waals surface area contributed by atoms with Crippen LogP contribution in [0.2, 0.25) is 0 Å². The summed E-state index contributed by atoms with van der Waals surface area (Å²) in [7, 11) is 0. The van der Waals surface area contributed by atoms with Gasteiger partial charge in [0, 0.05) is 28.9 Å². The van der Waals surface area contributed by atoms with Crippen molar-refractivity contribution in [2.75, 3.05) is 17.2 Å². The van der Waals surface area contributed by atoms with Crippen LogP contribution in [-0.4, -0.2) is 27.7 Å². The van der Waals surface area contributed by atoms with Crippen molar-refractivity contribution in [3.8, 4) is 11.3 Å². The van der Waals surface area contributed by atoms with E-state index in [0.717, 1.165) is 11.3 Å². The lowest BCUT2D eigenvalue weighted by atomic mass is 10.1. The molecule has 0 fully saturated rings. The predicted octanol–water partition coefficient (Wildman–Crippen LogP) is 4.13. The Balaban J connectivity index is 2.00. The molecule has 0 aliphatic rings. The van der Waals surface area contributed by atoms with Gasteiger partial charge < -0.3 is 15.7 Å². The van der Waals surface area contributed by atoms with E-state index in [9.17, 15) is 9.50 Å². The Morgan fingerprint density at radius 3 is 2.58 bits per heavy atom. The van der Waals surface area contributed by atoms with Gasteiger partial charge in [0.25, 0.3) is 0 Å². The predicted molar refractivity (Wildman–Crippen MR) is 102 cm³/mol. The fraction of sp³-hybridized carbons (Fsp3) is 0.200. The number of benzene rings is 2. The topological polar surface area (TPSA) is 70.1 Å². The van der Waals surface area contributed by atoms with Gasteiger partial charge in [0.2, 0.25) is 5.95 Å². The smallest absolute Gasteiger partial charge is 0.225 e. The Morgan fingerprint density at radius 2 is 1.85 bits per heavy atom. The minimum absolute atomic E-state index is 0.0370. The minimum Gasteiger partial charge on any atom is -0.394 e. The van der Waals surface area contributed by atoms with E-state index in [1.54, 1.807) is 19.1 Å². The molecular formula is C20H21FN4O. The van der Waals surface area contributed by atoms with E-state index >= 15 is 0 Å². The summed E-state index contributed by atoms with van der Waals surface area (Å²) < 4.78 is 13.8. The van der Waals surface area contributed by atoms with Gasteiger partial charge in [-0.3, -0.25) is 0 Å². The summed E-state index contributed by atoms with van der Waals surface area (Å²) in [6.07, 6.45) is 0. The summed E-state index contributed by atoms with van der Waals surface area (Å²) in [4.78, 5) is 8.97. The van der Waals surface area contributed by atoms with E-state index in [1.165, 1.54) is 6.07 Å². The fourth-order valence-electron chi connectivity index (χ4n) is 2.48. The standard InChI is InChI=1S/C20H21FN4O/c1-13(12-26)22-20-24-18(15-7-4-3-5-8-15)11-19(25-20)23-17-10-6-9-16(21)14(17)2/h3-11,13,26H,12H2,1-2H3,(H2,22,23,24,25)/t13-/m1/s1. The third-order valence-corrected chi connectivity index (χ3v) is 3.98. The molecule has 0 unspecified atom stereocenters. The van der Waals surface area contributed by atoms with Crippen LogP contribution in [0.3, 0.4) is 0 Å². The Morgan fingerprint density at radius 1 is 1.08 bits per heavy atom. The zero-order valence-electron chi connectivity index (χ0n) is 14.7. The summed E-state index contributed by atoms with van der Waals surface area (Å²) in [5.41, 5.74) is 2.83. The Hall–Kier alpha value is -2.99. The molecule has 0 spiro atoms. The third-order valence-electron chi connectivity index (χ3n) is 3.98. The van der Waals surface area contributed by atoms with Crippen molar-refractivity contribution in [1.82, 2.24) is 9.97 Å². The summed E-state index contributed by atoms with van der Waals surface area (Å²) in [5, 5.41) is 15.5. The highest BCUT2D eigenvalue weighted by Gasteiger charge is 2.11. The van der Waals surface area contributed by atoms with Crippen molar-refractivity contribution < 1.29 is 9.50 Å². The second kappa shape index (κ2) is 7.93. The van der Waals surface area contributed by atoms with Crippen LogP contribution in [0.1, 0.15) is 12.5 Å². The maximum Gasteiger partial charge on any atom is 0.225 e. The first kappa shape index (κ1) is 17.8. The zero-order valence-corrected chi connectivity index (χ0v) is 14.7. The lowest BCUT2D eigenvalue weighted by molar-refractivity contribution is 0.281. The maximum atomic E-state index is 13.8. The largest absolute Gasteiger partial charge is 0.394 e. The molecular weight excluding hydrogens is 331 g/mol. The molecule has 0 saturated heterocycles. The van der Waals surface area contributed by atoms with Gasteiger partial charge in [0.15, 0.2) is 0 Å². The van der Waals surface area contributed by atoms with Gasteiger partial charge >= 0.3 is 0 Å². The van der Waals surface area contributed by atoms with Crippen LogP contribution in [0.5, 0.6) is 0 Å².